The minimum atomic E-state index is 0.412. The number of rotatable bonds is 6. The van der Waals surface area contributed by atoms with Gasteiger partial charge < -0.3 is 9.47 Å². The van der Waals surface area contributed by atoms with E-state index in [4.69, 9.17) is 19.6 Å². The summed E-state index contributed by atoms with van der Waals surface area (Å²) in [6, 6.07) is 15.7. The summed E-state index contributed by atoms with van der Waals surface area (Å²) < 4.78 is 13.3. The summed E-state index contributed by atoms with van der Waals surface area (Å²) in [6.45, 7) is 0. The van der Waals surface area contributed by atoms with Crippen molar-refractivity contribution >= 4 is 5.65 Å². The molecular weight excluding hydrogens is 510 g/mol. The van der Waals surface area contributed by atoms with Crippen molar-refractivity contribution in [3.63, 3.8) is 0 Å². The number of fused-ring (bicyclic) bond motifs is 1. The first-order valence-corrected chi connectivity index (χ1v) is 13.0. The van der Waals surface area contributed by atoms with Crippen LogP contribution in [-0.2, 0) is 0 Å². The largest absolute Gasteiger partial charge is 0.497 e. The average Bonchev–Trinajstić information content (AvgIpc) is 3.81. The number of nitrogens with zero attached hydrogens (tertiary/aromatic N) is 9. The number of tetrazole rings is 2. The second-order valence-electron chi connectivity index (χ2n) is 9.29. The van der Waals surface area contributed by atoms with Gasteiger partial charge in [-0.3, -0.25) is 0 Å². The minimum Gasteiger partial charge on any atom is -0.497 e. The number of nitrogens with one attached hydrogen (secondary N) is 2. The molecule has 0 amide bonds. The van der Waals surface area contributed by atoms with Gasteiger partial charge in [0.15, 0.2) is 12.0 Å². The maximum Gasteiger partial charge on any atom is 0.210 e. The van der Waals surface area contributed by atoms with E-state index in [0.29, 0.717) is 11.7 Å². The molecule has 4 aromatic heterocycles. The maximum atomic E-state index is 6.04. The monoisotopic (exact) mass is 537 g/mol. The summed E-state index contributed by atoms with van der Waals surface area (Å²) in [5, 5.41) is 31.3. The van der Waals surface area contributed by atoms with Crippen LogP contribution in [0.25, 0.3) is 28.2 Å². The van der Waals surface area contributed by atoms with Crippen molar-refractivity contribution in [2.24, 2.45) is 0 Å². The van der Waals surface area contributed by atoms with Crippen LogP contribution in [0.1, 0.15) is 43.7 Å². The van der Waals surface area contributed by atoms with Crippen LogP contribution in [0.15, 0.2) is 67.3 Å². The fourth-order valence-corrected chi connectivity index (χ4v) is 5.01. The van der Waals surface area contributed by atoms with E-state index >= 15 is 0 Å². The fraction of sp³-hybridized carbons (Fsp3) is 0.259. The summed E-state index contributed by atoms with van der Waals surface area (Å²) in [6.07, 6.45) is 11.1. The van der Waals surface area contributed by atoms with Crippen LogP contribution >= 0.6 is 0 Å². The van der Waals surface area contributed by atoms with E-state index in [1.165, 1.54) is 31.3 Å². The molecule has 4 heterocycles. The molecule has 0 bridgehead atoms. The third-order valence-electron chi connectivity index (χ3n) is 6.85. The fourth-order valence-electron chi connectivity index (χ4n) is 5.01. The highest BCUT2D eigenvalue weighted by Gasteiger charge is 2.25. The van der Waals surface area contributed by atoms with Crippen LogP contribution in [0.3, 0.4) is 0 Å². The molecule has 0 unspecified atom stereocenters. The predicted octanol–water partition coefficient (Wildman–Crippen LogP) is 4.62. The molecular formula is C27H27N11O2. The van der Waals surface area contributed by atoms with E-state index in [1.807, 2.05) is 47.1 Å². The lowest BCUT2D eigenvalue weighted by molar-refractivity contribution is 0.409. The zero-order chi connectivity index (χ0) is 27.1. The Morgan fingerprint density at radius 1 is 0.875 bits per heavy atom. The van der Waals surface area contributed by atoms with Gasteiger partial charge in [-0.15, -0.1) is 20.4 Å². The van der Waals surface area contributed by atoms with Gasteiger partial charge in [0.25, 0.3) is 0 Å². The first kappa shape index (κ1) is 25.1. The van der Waals surface area contributed by atoms with E-state index < -0.39 is 0 Å². The number of methoxy groups -OCH3 is 1. The molecule has 1 aliphatic carbocycles. The van der Waals surface area contributed by atoms with E-state index in [-0.39, 0.29) is 0 Å². The number of hydrogen-bond donors (Lipinski definition) is 2. The minimum absolute atomic E-state index is 0.412. The first-order chi connectivity index (χ1) is 19.8. The van der Waals surface area contributed by atoms with Gasteiger partial charge in [-0.25, -0.2) is 9.50 Å². The van der Waals surface area contributed by atoms with E-state index in [1.54, 1.807) is 13.3 Å². The Morgan fingerprint density at radius 3 is 2.42 bits per heavy atom. The van der Waals surface area contributed by atoms with Crippen LogP contribution in [0.2, 0.25) is 0 Å². The van der Waals surface area contributed by atoms with Gasteiger partial charge in [0.05, 0.1) is 24.6 Å². The molecule has 0 aliphatic heterocycles. The van der Waals surface area contributed by atoms with Crippen molar-refractivity contribution in [1.82, 2.24) is 55.8 Å². The lowest BCUT2D eigenvalue weighted by atomic mass is 9.84. The summed E-state index contributed by atoms with van der Waals surface area (Å²) in [4.78, 5) is 4.77. The molecule has 13 nitrogen and oxygen atoms in total. The van der Waals surface area contributed by atoms with Crippen LogP contribution in [0.5, 0.6) is 17.2 Å². The lowest BCUT2D eigenvalue weighted by Gasteiger charge is -2.25. The van der Waals surface area contributed by atoms with Gasteiger partial charge >= 0.3 is 0 Å². The van der Waals surface area contributed by atoms with E-state index in [9.17, 15) is 0 Å². The molecule has 0 atom stereocenters. The third kappa shape index (κ3) is 5.34. The quantitative estimate of drug-likeness (QED) is 0.307. The Bertz CT molecular complexity index is 1630. The number of aromatic nitrogens is 11. The molecule has 40 heavy (non-hydrogen) atoms. The predicted molar refractivity (Wildman–Crippen MR) is 145 cm³/mol. The number of ether oxygens (including phenoxy) is 2. The molecule has 0 spiro atoms. The number of hydrogen-bond acceptors (Lipinski definition) is 10. The SMILES string of the molecule is COc1cccc(Oc2ccc(-c3cnc4c(-c5nn[nH]n5)cnn4c3C3CCCCC3)cc2)c1.c1nn[nH]n1. The molecule has 1 saturated carbocycles. The third-order valence-corrected chi connectivity index (χ3v) is 6.85. The van der Waals surface area contributed by atoms with Gasteiger partial charge in [0, 0.05) is 23.7 Å². The van der Waals surface area contributed by atoms with Gasteiger partial charge in [-0.2, -0.15) is 15.5 Å². The average molecular weight is 538 g/mol. The van der Waals surface area contributed by atoms with Crippen molar-refractivity contribution in [3.05, 3.63) is 72.9 Å². The molecule has 6 aromatic rings. The van der Waals surface area contributed by atoms with Gasteiger partial charge in [0.1, 0.15) is 17.2 Å². The molecule has 1 fully saturated rings. The molecule has 1 aliphatic rings. The van der Waals surface area contributed by atoms with Crippen molar-refractivity contribution in [1.29, 1.82) is 0 Å². The molecule has 0 radical (unpaired) electrons. The second kappa shape index (κ2) is 11.7. The standard InChI is InChI=1S/C26H25N7O2.CH2N4/c1-34-20-8-5-9-21(14-20)35-19-12-10-17(11-13-19)22-15-27-26-23(25-29-31-32-30-25)16-28-33(26)24(22)18-6-3-2-4-7-18;1-2-4-5-3-1/h5,8-16,18H,2-4,6-7H2,1H3,(H,29,30,31,32);1H,(H,2,3,4,5). The Kier molecular flexibility index (Phi) is 7.33. The number of benzene rings is 2. The topological polar surface area (TPSA) is 158 Å². The van der Waals surface area contributed by atoms with Crippen LogP contribution in [-0.4, -0.2) is 63.0 Å². The van der Waals surface area contributed by atoms with Crippen LogP contribution in [0, 0.1) is 0 Å². The zero-order valence-electron chi connectivity index (χ0n) is 21.8. The van der Waals surface area contributed by atoms with Crippen molar-refractivity contribution in [2.45, 2.75) is 38.0 Å². The summed E-state index contributed by atoms with van der Waals surface area (Å²) in [7, 11) is 1.65. The summed E-state index contributed by atoms with van der Waals surface area (Å²) >= 11 is 0. The Labute approximate surface area is 229 Å². The summed E-state index contributed by atoms with van der Waals surface area (Å²) in [5.74, 6) is 3.15. The van der Waals surface area contributed by atoms with E-state index in [2.05, 4.69) is 53.4 Å². The van der Waals surface area contributed by atoms with Gasteiger partial charge in [-0.1, -0.05) is 42.7 Å². The molecule has 202 valence electrons. The normalized spacial score (nSPS) is 13.5. The van der Waals surface area contributed by atoms with Crippen molar-refractivity contribution < 1.29 is 9.47 Å². The summed E-state index contributed by atoms with van der Waals surface area (Å²) in [5.41, 5.74) is 4.86. The number of H-pyrrole nitrogens is 2. The highest BCUT2D eigenvalue weighted by atomic mass is 16.5. The van der Waals surface area contributed by atoms with Crippen LogP contribution < -0.4 is 9.47 Å². The zero-order valence-corrected chi connectivity index (χ0v) is 21.8. The molecule has 2 N–H and O–H groups in total. The van der Waals surface area contributed by atoms with Gasteiger partial charge in [-0.05, 0) is 47.9 Å². The Morgan fingerprint density at radius 2 is 1.73 bits per heavy atom. The molecule has 0 saturated heterocycles. The van der Waals surface area contributed by atoms with Crippen LogP contribution in [0.4, 0.5) is 0 Å². The highest BCUT2D eigenvalue weighted by Crippen LogP contribution is 2.39. The van der Waals surface area contributed by atoms with Gasteiger partial charge in [0.2, 0.25) is 5.82 Å². The Hall–Kier alpha value is -5.20. The smallest absolute Gasteiger partial charge is 0.210 e. The van der Waals surface area contributed by atoms with Crippen molar-refractivity contribution in [3.8, 4) is 39.8 Å². The van der Waals surface area contributed by atoms with E-state index in [0.717, 1.165) is 52.4 Å². The Balaban J connectivity index is 0.000000523. The number of aromatic amines is 2. The lowest BCUT2D eigenvalue weighted by Crippen LogP contribution is -2.12. The highest BCUT2D eigenvalue weighted by molar-refractivity contribution is 5.75. The molecule has 2 aromatic carbocycles. The first-order valence-electron chi connectivity index (χ1n) is 13.0. The second-order valence-corrected chi connectivity index (χ2v) is 9.29. The molecule has 13 heteroatoms. The maximum absolute atomic E-state index is 6.04. The molecule has 7 rings (SSSR count). The van der Waals surface area contributed by atoms with Crippen molar-refractivity contribution in [2.75, 3.05) is 7.11 Å².